The van der Waals surface area contributed by atoms with E-state index in [1.165, 1.54) is 4.57 Å². The molecule has 2 heterocycles. The number of thiophene rings is 1. The average molecular weight is 487 g/mol. The number of carbonyl (C=O) groups excluding carboxylic acids is 2. The van der Waals surface area contributed by atoms with Crippen LogP contribution >= 0.6 is 11.3 Å². The molecule has 0 unspecified atom stereocenters. The molecule has 0 spiro atoms. The number of rotatable bonds is 8. The molecule has 8 nitrogen and oxygen atoms in total. The topological polar surface area (TPSA) is 96.6 Å². The van der Waals surface area contributed by atoms with Crippen LogP contribution in [0.2, 0.25) is 0 Å². The molecule has 1 aromatic carbocycles. The second-order valence-electron chi connectivity index (χ2n) is 9.02. The average Bonchev–Trinajstić information content (AvgIpc) is 3.11. The third-order valence-electron chi connectivity index (χ3n) is 5.09. The van der Waals surface area contributed by atoms with E-state index < -0.39 is 35.3 Å². The number of hydrogen-bond donors (Lipinski definition) is 0. The summed E-state index contributed by atoms with van der Waals surface area (Å²) >= 11 is 1.07. The van der Waals surface area contributed by atoms with Crippen LogP contribution in [-0.4, -0.2) is 33.3 Å². The van der Waals surface area contributed by atoms with Crippen molar-refractivity contribution in [2.24, 2.45) is 0 Å². The summed E-state index contributed by atoms with van der Waals surface area (Å²) in [6.07, 6.45) is 1.20. The molecule has 3 aromatic rings. The van der Waals surface area contributed by atoms with Crippen molar-refractivity contribution in [3.8, 4) is 0 Å². The van der Waals surface area contributed by atoms with Gasteiger partial charge in [0.2, 0.25) is 0 Å². The highest BCUT2D eigenvalue weighted by Crippen LogP contribution is 2.29. The molecular weight excluding hydrogens is 456 g/mol. The van der Waals surface area contributed by atoms with E-state index in [2.05, 4.69) is 0 Å². The van der Waals surface area contributed by atoms with Crippen molar-refractivity contribution < 1.29 is 19.1 Å². The Labute approximate surface area is 201 Å². The van der Waals surface area contributed by atoms with E-state index in [0.29, 0.717) is 23.2 Å². The van der Waals surface area contributed by atoms with Gasteiger partial charge < -0.3 is 9.47 Å². The van der Waals surface area contributed by atoms with Gasteiger partial charge in [0, 0.05) is 6.54 Å². The predicted octanol–water partition coefficient (Wildman–Crippen LogP) is 3.68. The van der Waals surface area contributed by atoms with Crippen molar-refractivity contribution in [2.75, 3.05) is 6.61 Å². The first kappa shape index (κ1) is 25.4. The number of esters is 2. The summed E-state index contributed by atoms with van der Waals surface area (Å²) in [7, 11) is 0. The summed E-state index contributed by atoms with van der Waals surface area (Å²) < 4.78 is 13.0. The van der Waals surface area contributed by atoms with Crippen molar-refractivity contribution in [3.05, 3.63) is 67.2 Å². The minimum absolute atomic E-state index is 0.240. The fourth-order valence-corrected chi connectivity index (χ4v) is 4.79. The lowest BCUT2D eigenvalue weighted by Gasteiger charge is -2.20. The number of carbonyl (C=O) groups is 2. The third kappa shape index (κ3) is 5.64. The van der Waals surface area contributed by atoms with Gasteiger partial charge in [-0.3, -0.25) is 14.2 Å². The SMILES string of the molecule is CCCOC(=O)c1sc2c(c1C)c(=O)n(CC(=O)OC(C)(C)C)c(=O)n2CCc1ccccc1. The second kappa shape index (κ2) is 10.4. The highest BCUT2D eigenvalue weighted by Gasteiger charge is 2.25. The first-order chi connectivity index (χ1) is 16.0. The van der Waals surface area contributed by atoms with Crippen molar-refractivity contribution in [3.63, 3.8) is 0 Å². The number of fused-ring (bicyclic) bond motifs is 1. The van der Waals surface area contributed by atoms with Crippen LogP contribution < -0.4 is 11.2 Å². The fourth-order valence-electron chi connectivity index (χ4n) is 3.57. The number of nitrogens with zero attached hydrogens (tertiary/aromatic N) is 2. The lowest BCUT2D eigenvalue weighted by atomic mass is 10.1. The minimum Gasteiger partial charge on any atom is -0.462 e. The molecule has 182 valence electrons. The summed E-state index contributed by atoms with van der Waals surface area (Å²) in [5.41, 5.74) is -0.536. The van der Waals surface area contributed by atoms with Gasteiger partial charge >= 0.3 is 17.6 Å². The first-order valence-electron chi connectivity index (χ1n) is 11.2. The highest BCUT2D eigenvalue weighted by molar-refractivity contribution is 7.20. The number of hydrogen-bond acceptors (Lipinski definition) is 7. The molecule has 0 N–H and O–H groups in total. The minimum atomic E-state index is -0.758. The van der Waals surface area contributed by atoms with Gasteiger partial charge in [-0.05, 0) is 51.7 Å². The summed E-state index contributed by atoms with van der Waals surface area (Å²) in [6, 6.07) is 9.63. The molecule has 0 atom stereocenters. The number of aryl methyl sites for hydroxylation is 3. The van der Waals surface area contributed by atoms with Crippen LogP contribution in [-0.2, 0) is 33.8 Å². The molecule has 0 fully saturated rings. The second-order valence-corrected chi connectivity index (χ2v) is 10.0. The molecule has 0 saturated heterocycles. The Kier molecular flexibility index (Phi) is 7.76. The van der Waals surface area contributed by atoms with E-state index in [0.717, 1.165) is 21.5 Å². The van der Waals surface area contributed by atoms with E-state index in [1.807, 2.05) is 37.3 Å². The van der Waals surface area contributed by atoms with Gasteiger partial charge in [-0.1, -0.05) is 37.3 Å². The van der Waals surface area contributed by atoms with Crippen LogP contribution in [0.5, 0.6) is 0 Å². The Morgan fingerprint density at radius 2 is 1.74 bits per heavy atom. The molecule has 9 heteroatoms. The number of aromatic nitrogens is 2. The van der Waals surface area contributed by atoms with Crippen molar-refractivity contribution in [1.82, 2.24) is 9.13 Å². The van der Waals surface area contributed by atoms with Gasteiger partial charge in [-0.2, -0.15) is 0 Å². The lowest BCUT2D eigenvalue weighted by Crippen LogP contribution is -2.42. The molecule has 0 aliphatic heterocycles. The van der Waals surface area contributed by atoms with Crippen LogP contribution in [0.25, 0.3) is 10.2 Å². The van der Waals surface area contributed by atoms with Gasteiger partial charge in [0.05, 0.1) is 12.0 Å². The van der Waals surface area contributed by atoms with Gasteiger partial charge in [0.25, 0.3) is 5.56 Å². The monoisotopic (exact) mass is 486 g/mol. The molecule has 3 rings (SSSR count). The standard InChI is InChI=1S/C25H30N2O6S/c1-6-14-32-23(30)20-16(2)19-21(29)27(15-18(28)33-25(3,4)5)24(31)26(22(19)34-20)13-12-17-10-8-7-9-11-17/h7-11H,6,12-15H2,1-5H3. The largest absolute Gasteiger partial charge is 0.462 e. The normalized spacial score (nSPS) is 11.6. The van der Waals surface area contributed by atoms with Crippen molar-refractivity contribution in [2.45, 2.75) is 66.2 Å². The molecule has 0 aliphatic carbocycles. The maximum absolute atomic E-state index is 13.4. The fraction of sp³-hybridized carbons (Fsp3) is 0.440. The van der Waals surface area contributed by atoms with E-state index in [9.17, 15) is 19.2 Å². The summed E-state index contributed by atoms with van der Waals surface area (Å²) in [5.74, 6) is -1.21. The summed E-state index contributed by atoms with van der Waals surface area (Å²) in [6.45, 7) is 8.72. The lowest BCUT2D eigenvalue weighted by molar-refractivity contribution is -0.155. The van der Waals surface area contributed by atoms with Gasteiger partial charge in [0.1, 0.15) is 21.9 Å². The molecule has 0 bridgehead atoms. The Balaban J connectivity index is 2.15. The maximum Gasteiger partial charge on any atom is 0.348 e. The highest BCUT2D eigenvalue weighted by atomic mass is 32.1. The Bertz CT molecular complexity index is 1310. The molecule has 0 amide bonds. The molecule has 0 saturated carbocycles. The smallest absolute Gasteiger partial charge is 0.348 e. The van der Waals surface area contributed by atoms with Crippen LogP contribution in [0.4, 0.5) is 0 Å². The van der Waals surface area contributed by atoms with Crippen molar-refractivity contribution in [1.29, 1.82) is 0 Å². The van der Waals surface area contributed by atoms with Gasteiger partial charge in [0.15, 0.2) is 0 Å². The van der Waals surface area contributed by atoms with Crippen LogP contribution in [0.1, 0.15) is 54.9 Å². The maximum atomic E-state index is 13.4. The van der Waals surface area contributed by atoms with Crippen LogP contribution in [0, 0.1) is 6.92 Å². The Morgan fingerprint density at radius 3 is 2.35 bits per heavy atom. The van der Waals surface area contributed by atoms with Crippen molar-refractivity contribution >= 4 is 33.5 Å². The molecular formula is C25H30N2O6S. The molecule has 34 heavy (non-hydrogen) atoms. The van der Waals surface area contributed by atoms with Crippen LogP contribution in [0.15, 0.2) is 39.9 Å². The molecule has 2 aromatic heterocycles. The third-order valence-corrected chi connectivity index (χ3v) is 6.39. The molecule has 0 radical (unpaired) electrons. The zero-order valence-corrected chi connectivity index (χ0v) is 21.0. The van der Waals surface area contributed by atoms with E-state index in [-0.39, 0.29) is 23.4 Å². The zero-order valence-electron chi connectivity index (χ0n) is 20.2. The summed E-state index contributed by atoms with van der Waals surface area (Å²) in [5, 5.41) is 0.240. The predicted molar refractivity (Wildman–Crippen MR) is 132 cm³/mol. The van der Waals surface area contributed by atoms with Crippen LogP contribution in [0.3, 0.4) is 0 Å². The van der Waals surface area contributed by atoms with E-state index in [4.69, 9.17) is 9.47 Å². The Hall–Kier alpha value is -3.20. The van der Waals surface area contributed by atoms with Gasteiger partial charge in [-0.25, -0.2) is 14.2 Å². The van der Waals surface area contributed by atoms with Gasteiger partial charge in [-0.15, -0.1) is 11.3 Å². The first-order valence-corrected chi connectivity index (χ1v) is 12.0. The Morgan fingerprint density at radius 1 is 1.06 bits per heavy atom. The number of benzene rings is 1. The van der Waals surface area contributed by atoms with E-state index >= 15 is 0 Å². The zero-order chi connectivity index (χ0) is 25.0. The van der Waals surface area contributed by atoms with E-state index in [1.54, 1.807) is 27.7 Å². The summed E-state index contributed by atoms with van der Waals surface area (Å²) in [4.78, 5) is 52.5. The molecule has 0 aliphatic rings. The number of ether oxygens (including phenoxy) is 2. The quantitative estimate of drug-likeness (QED) is 0.451.